The van der Waals surface area contributed by atoms with E-state index >= 15 is 0 Å². The summed E-state index contributed by atoms with van der Waals surface area (Å²) in [4.78, 5) is 12.9. The van der Waals surface area contributed by atoms with E-state index < -0.39 is 8.56 Å². The molecule has 1 aromatic carbocycles. The lowest BCUT2D eigenvalue weighted by molar-refractivity contribution is 0.103. The summed E-state index contributed by atoms with van der Waals surface area (Å²) in [6.07, 6.45) is 9.99. The van der Waals surface area contributed by atoms with Crippen molar-refractivity contribution >= 4 is 14.3 Å². The molecule has 0 amide bonds. The van der Waals surface area contributed by atoms with Crippen molar-refractivity contribution in [3.63, 3.8) is 0 Å². The smallest absolute Gasteiger partial charge is 0.372 e. The molecule has 0 heterocycles. The molecule has 0 bridgehead atoms. The summed E-state index contributed by atoms with van der Waals surface area (Å²) in [5.74, 6) is 0.0898. The van der Waals surface area contributed by atoms with E-state index in [4.69, 9.17) is 8.85 Å². The van der Waals surface area contributed by atoms with Gasteiger partial charge in [0.1, 0.15) is 0 Å². The molecule has 21 heavy (non-hydrogen) atoms. The van der Waals surface area contributed by atoms with E-state index in [1.165, 1.54) is 0 Å². The Morgan fingerprint density at radius 2 is 1.67 bits per heavy atom. The molecule has 1 aliphatic carbocycles. The van der Waals surface area contributed by atoms with Gasteiger partial charge in [-0.25, -0.2) is 0 Å². The summed E-state index contributed by atoms with van der Waals surface area (Å²) >= 11 is 0. The van der Waals surface area contributed by atoms with Gasteiger partial charge in [-0.05, 0) is 6.55 Å². The standard InChI is InChI=1S/C17H20O3Si/c1-19-21(3,20-2)16(13-14-9-7-8-10-14)17(18)15-11-5-4-6-12-15/h4-14H,1-3H3. The second-order valence-electron chi connectivity index (χ2n) is 4.98. The highest BCUT2D eigenvalue weighted by molar-refractivity contribution is 6.79. The van der Waals surface area contributed by atoms with E-state index in [2.05, 4.69) is 0 Å². The molecule has 1 aromatic rings. The number of rotatable bonds is 6. The van der Waals surface area contributed by atoms with Gasteiger partial charge in [0.25, 0.3) is 0 Å². The molecule has 4 heteroatoms. The molecule has 0 atom stereocenters. The van der Waals surface area contributed by atoms with E-state index in [1.54, 1.807) is 14.2 Å². The fourth-order valence-electron chi connectivity index (χ4n) is 2.23. The molecule has 3 nitrogen and oxygen atoms in total. The maximum absolute atomic E-state index is 12.9. The van der Waals surface area contributed by atoms with Crippen molar-refractivity contribution in [3.8, 4) is 0 Å². The highest BCUT2D eigenvalue weighted by Gasteiger charge is 2.39. The SMILES string of the molecule is CO[Si](C)(OC)C(=CC1C=CC=C1)C(=O)c1ccccc1. The van der Waals surface area contributed by atoms with Gasteiger partial charge in [0, 0.05) is 30.9 Å². The fourth-order valence-corrected chi connectivity index (χ4v) is 3.89. The molecule has 2 rings (SSSR count). The van der Waals surface area contributed by atoms with Crippen LogP contribution in [0, 0.1) is 5.92 Å². The van der Waals surface area contributed by atoms with Crippen LogP contribution in [0.1, 0.15) is 10.4 Å². The zero-order valence-electron chi connectivity index (χ0n) is 12.6. The van der Waals surface area contributed by atoms with E-state index in [-0.39, 0.29) is 11.7 Å². The van der Waals surface area contributed by atoms with Gasteiger partial charge >= 0.3 is 8.56 Å². The van der Waals surface area contributed by atoms with E-state index in [0.717, 1.165) is 0 Å². The Bertz CT molecular complexity index is 571. The molecule has 0 spiro atoms. The van der Waals surface area contributed by atoms with Crippen LogP contribution < -0.4 is 0 Å². The van der Waals surface area contributed by atoms with Crippen molar-refractivity contribution in [3.05, 3.63) is 71.5 Å². The van der Waals surface area contributed by atoms with Gasteiger partial charge in [0.05, 0.1) is 0 Å². The second kappa shape index (κ2) is 6.80. The highest BCUT2D eigenvalue weighted by atomic mass is 28.4. The summed E-state index contributed by atoms with van der Waals surface area (Å²) in [6.45, 7) is 1.89. The Labute approximate surface area is 126 Å². The zero-order valence-corrected chi connectivity index (χ0v) is 13.6. The van der Waals surface area contributed by atoms with Crippen LogP contribution in [0.3, 0.4) is 0 Å². The lowest BCUT2D eigenvalue weighted by Crippen LogP contribution is -2.42. The zero-order chi connectivity index (χ0) is 15.3. The van der Waals surface area contributed by atoms with E-state index in [9.17, 15) is 4.79 Å². The Kier molecular flexibility index (Phi) is 5.06. The van der Waals surface area contributed by atoms with Gasteiger partial charge < -0.3 is 8.85 Å². The molecule has 110 valence electrons. The van der Waals surface area contributed by atoms with E-state index in [0.29, 0.717) is 10.8 Å². The van der Waals surface area contributed by atoms with Crippen molar-refractivity contribution in [2.24, 2.45) is 5.92 Å². The topological polar surface area (TPSA) is 35.5 Å². The first-order valence-electron chi connectivity index (χ1n) is 6.88. The molecule has 1 aliphatic rings. The second-order valence-corrected chi connectivity index (χ2v) is 8.22. The first-order chi connectivity index (χ1) is 10.1. The van der Waals surface area contributed by atoms with Crippen LogP contribution in [0.5, 0.6) is 0 Å². The first kappa shape index (κ1) is 15.6. The summed E-state index contributed by atoms with van der Waals surface area (Å²) in [5, 5.41) is 0.639. The normalized spacial score (nSPS) is 15.7. The van der Waals surface area contributed by atoms with Crippen molar-refractivity contribution in [1.29, 1.82) is 0 Å². The molecule has 0 radical (unpaired) electrons. The molecular formula is C17H20O3Si. The predicted octanol–water partition coefficient (Wildman–Crippen LogP) is 3.44. The number of benzene rings is 1. The van der Waals surface area contributed by atoms with Crippen molar-refractivity contribution in [2.75, 3.05) is 14.2 Å². The minimum atomic E-state index is -2.70. The number of carbonyl (C=O) groups is 1. The average Bonchev–Trinajstić information content (AvgIpc) is 3.05. The Hall–Kier alpha value is -1.75. The van der Waals surface area contributed by atoms with Gasteiger partial charge in [-0.3, -0.25) is 4.79 Å². The molecule has 0 saturated carbocycles. The lowest BCUT2D eigenvalue weighted by atomic mass is 10.1. The van der Waals surface area contributed by atoms with Gasteiger partial charge in [0.15, 0.2) is 5.78 Å². The van der Waals surface area contributed by atoms with Crippen LogP contribution in [-0.2, 0) is 8.85 Å². The molecule has 0 N–H and O–H groups in total. The third-order valence-electron chi connectivity index (χ3n) is 3.69. The number of Topliss-reactive ketones (excluding diaryl/α,β-unsaturated/α-hetero) is 1. The van der Waals surface area contributed by atoms with Crippen molar-refractivity contribution < 1.29 is 13.6 Å². The van der Waals surface area contributed by atoms with Crippen molar-refractivity contribution in [2.45, 2.75) is 6.55 Å². The van der Waals surface area contributed by atoms with Crippen LogP contribution in [0.15, 0.2) is 65.9 Å². The van der Waals surface area contributed by atoms with Crippen LogP contribution in [0.25, 0.3) is 0 Å². The van der Waals surface area contributed by atoms with Crippen molar-refractivity contribution in [1.82, 2.24) is 0 Å². The maximum atomic E-state index is 12.9. The monoisotopic (exact) mass is 300 g/mol. The summed E-state index contributed by atoms with van der Waals surface area (Å²) in [6, 6.07) is 9.25. The minimum Gasteiger partial charge on any atom is -0.394 e. The molecule has 0 saturated heterocycles. The third-order valence-corrected chi connectivity index (χ3v) is 6.62. The number of hydrogen-bond acceptors (Lipinski definition) is 3. The van der Waals surface area contributed by atoms with Gasteiger partial charge in [-0.15, -0.1) is 0 Å². The fraction of sp³-hybridized carbons (Fsp3) is 0.235. The van der Waals surface area contributed by atoms with E-state index in [1.807, 2.05) is 67.3 Å². The van der Waals surface area contributed by atoms with Gasteiger partial charge in [-0.2, -0.15) is 0 Å². The quantitative estimate of drug-likeness (QED) is 0.458. The molecule has 0 aromatic heterocycles. The molecule has 0 fully saturated rings. The average molecular weight is 300 g/mol. The van der Waals surface area contributed by atoms with Gasteiger partial charge in [0.2, 0.25) is 0 Å². The van der Waals surface area contributed by atoms with Crippen LogP contribution in [-0.4, -0.2) is 28.6 Å². The Balaban J connectivity index is 2.43. The largest absolute Gasteiger partial charge is 0.394 e. The van der Waals surface area contributed by atoms with Crippen LogP contribution >= 0.6 is 0 Å². The molecule has 0 aliphatic heterocycles. The summed E-state index contributed by atoms with van der Waals surface area (Å²) < 4.78 is 11.2. The van der Waals surface area contributed by atoms with Gasteiger partial charge in [-0.1, -0.05) is 60.7 Å². The molecule has 0 unspecified atom stereocenters. The minimum absolute atomic E-state index is 0.0258. The number of ketones is 1. The van der Waals surface area contributed by atoms with Crippen LogP contribution in [0.4, 0.5) is 0 Å². The Morgan fingerprint density at radius 3 is 2.19 bits per heavy atom. The predicted molar refractivity (Wildman–Crippen MR) is 86.3 cm³/mol. The maximum Gasteiger partial charge on any atom is 0.372 e. The van der Waals surface area contributed by atoms with Crippen LogP contribution in [0.2, 0.25) is 6.55 Å². The lowest BCUT2D eigenvalue weighted by Gasteiger charge is -2.25. The molecular weight excluding hydrogens is 280 g/mol. The third kappa shape index (κ3) is 3.47. The number of carbonyl (C=O) groups excluding carboxylic acids is 1. The Morgan fingerprint density at radius 1 is 1.10 bits per heavy atom. The highest BCUT2D eigenvalue weighted by Crippen LogP contribution is 2.25. The summed E-state index contributed by atoms with van der Waals surface area (Å²) in [7, 11) is 0.502. The first-order valence-corrected chi connectivity index (χ1v) is 9.19. The summed E-state index contributed by atoms with van der Waals surface area (Å²) in [5.41, 5.74) is 0.655. The number of hydrogen-bond donors (Lipinski definition) is 0. The number of allylic oxidation sites excluding steroid dienone is 6.